The number of ether oxygens (including phenoxy) is 2. The largest absolute Gasteiger partial charge is 0.482 e. The molecule has 6 heteroatoms. The van der Waals surface area contributed by atoms with E-state index in [1.807, 2.05) is 66.7 Å². The molecule has 5 nitrogen and oxygen atoms in total. The van der Waals surface area contributed by atoms with Crippen LogP contribution in [0, 0.1) is 0 Å². The number of nitrogens with zero attached hydrogens (tertiary/aromatic N) is 1. The van der Waals surface area contributed by atoms with Crippen LogP contribution < -0.4 is 4.74 Å². The average molecular weight is 482 g/mol. The quantitative estimate of drug-likeness (QED) is 0.365. The highest BCUT2D eigenvalue weighted by Crippen LogP contribution is 2.21. The lowest BCUT2D eigenvalue weighted by Gasteiger charge is -2.31. The molecule has 0 aromatic heterocycles. The zero-order valence-electron chi connectivity index (χ0n) is 19.7. The van der Waals surface area contributed by atoms with Gasteiger partial charge < -0.3 is 14.6 Å². The first kappa shape index (κ1) is 25.8. The predicted octanol–water partition coefficient (Wildman–Crippen LogP) is 5.10. The van der Waals surface area contributed by atoms with Gasteiger partial charge in [-0.25, -0.2) is 4.79 Å². The Morgan fingerprint density at radius 3 is 2.41 bits per heavy atom. The lowest BCUT2D eigenvalue weighted by atomic mass is 10.0. The van der Waals surface area contributed by atoms with Crippen molar-refractivity contribution in [1.29, 1.82) is 0 Å². The van der Waals surface area contributed by atoms with Crippen molar-refractivity contribution in [1.82, 2.24) is 4.90 Å². The van der Waals surface area contributed by atoms with E-state index in [2.05, 4.69) is 28.7 Å². The number of hydrogen-bond donors (Lipinski definition) is 1. The molecule has 0 bridgehead atoms. The molecule has 0 radical (unpaired) electrons. The highest BCUT2D eigenvalue weighted by molar-refractivity contribution is 6.30. The van der Waals surface area contributed by atoms with Gasteiger partial charge in [-0.15, -0.1) is 0 Å². The minimum Gasteiger partial charge on any atom is -0.482 e. The minimum atomic E-state index is -0.633. The van der Waals surface area contributed by atoms with Crippen molar-refractivity contribution in [2.24, 2.45) is 0 Å². The summed E-state index contributed by atoms with van der Waals surface area (Å²) in [6, 6.07) is 25.7. The number of carbonyl (C=O) groups excluding carboxylic acids is 1. The molecule has 34 heavy (non-hydrogen) atoms. The number of carbonyl (C=O) groups is 1. The van der Waals surface area contributed by atoms with E-state index in [-0.39, 0.29) is 12.6 Å². The van der Waals surface area contributed by atoms with Crippen molar-refractivity contribution in [2.45, 2.75) is 31.9 Å². The van der Waals surface area contributed by atoms with E-state index in [1.165, 1.54) is 12.7 Å². The molecule has 0 fully saturated rings. The molecule has 0 saturated heterocycles. The summed E-state index contributed by atoms with van der Waals surface area (Å²) in [4.78, 5) is 13.6. The van der Waals surface area contributed by atoms with Gasteiger partial charge in [0, 0.05) is 24.2 Å². The molecule has 0 aliphatic rings. The molecular formula is C28H32ClNO4. The summed E-state index contributed by atoms with van der Waals surface area (Å²) in [6.07, 6.45) is 1.08. The van der Waals surface area contributed by atoms with Crippen molar-refractivity contribution in [3.8, 4) is 5.75 Å². The molecule has 0 heterocycles. The van der Waals surface area contributed by atoms with Gasteiger partial charge in [-0.3, -0.25) is 4.90 Å². The van der Waals surface area contributed by atoms with E-state index < -0.39 is 12.1 Å². The molecule has 0 aliphatic heterocycles. The molecule has 1 unspecified atom stereocenters. The lowest BCUT2D eigenvalue weighted by Crippen LogP contribution is -2.39. The standard InChI is InChI=1S/C28H32ClNO4/c1-21(17-23-11-13-26(14-12-23)34-20-28(32)33-2)30(16-15-22-7-4-3-5-8-22)19-27(31)24-9-6-10-25(29)18-24/h3-14,18,21,27,31H,15-17,19-20H2,1-2H3/t21?,27-/m1/s1. The van der Waals surface area contributed by atoms with Crippen LogP contribution in [0.1, 0.15) is 29.7 Å². The van der Waals surface area contributed by atoms with Crippen LogP contribution in [0.4, 0.5) is 0 Å². The zero-order chi connectivity index (χ0) is 24.3. The Bertz CT molecular complexity index is 1030. The summed E-state index contributed by atoms with van der Waals surface area (Å²) in [7, 11) is 1.34. The Labute approximate surface area is 206 Å². The molecule has 0 aliphatic carbocycles. The van der Waals surface area contributed by atoms with E-state index in [9.17, 15) is 9.90 Å². The van der Waals surface area contributed by atoms with E-state index >= 15 is 0 Å². The first-order chi connectivity index (χ1) is 16.4. The maximum Gasteiger partial charge on any atom is 0.343 e. The van der Waals surface area contributed by atoms with E-state index in [1.54, 1.807) is 0 Å². The second kappa shape index (κ2) is 13.1. The molecular weight excluding hydrogens is 450 g/mol. The highest BCUT2D eigenvalue weighted by atomic mass is 35.5. The normalized spacial score (nSPS) is 12.9. The van der Waals surface area contributed by atoms with Crippen molar-refractivity contribution < 1.29 is 19.4 Å². The number of hydrogen-bond acceptors (Lipinski definition) is 5. The molecule has 1 N–H and O–H groups in total. The van der Waals surface area contributed by atoms with Crippen molar-refractivity contribution in [2.75, 3.05) is 26.8 Å². The molecule has 0 amide bonds. The Balaban J connectivity index is 1.66. The Morgan fingerprint density at radius 1 is 1.00 bits per heavy atom. The first-order valence-corrected chi connectivity index (χ1v) is 11.8. The maximum absolute atomic E-state index is 11.3. The molecule has 180 valence electrons. The summed E-state index contributed by atoms with van der Waals surface area (Å²) in [5, 5.41) is 11.6. The molecule has 3 rings (SSSR count). The van der Waals surface area contributed by atoms with Crippen LogP contribution in [0.3, 0.4) is 0 Å². The van der Waals surface area contributed by atoms with Crippen molar-refractivity contribution in [3.05, 3.63) is 101 Å². The van der Waals surface area contributed by atoms with Gasteiger partial charge in [0.05, 0.1) is 13.2 Å². The second-order valence-electron chi connectivity index (χ2n) is 8.36. The smallest absolute Gasteiger partial charge is 0.343 e. The molecule has 0 saturated carbocycles. The fourth-order valence-electron chi connectivity index (χ4n) is 3.84. The topological polar surface area (TPSA) is 59.0 Å². The maximum atomic E-state index is 11.3. The number of halogens is 1. The van der Waals surface area contributed by atoms with Crippen molar-refractivity contribution >= 4 is 17.6 Å². The van der Waals surface area contributed by atoms with Gasteiger partial charge in [-0.2, -0.15) is 0 Å². The summed E-state index contributed by atoms with van der Waals surface area (Å²) in [6.45, 7) is 3.40. The van der Waals surface area contributed by atoms with Crippen LogP contribution >= 0.6 is 11.6 Å². The number of benzene rings is 3. The van der Waals surface area contributed by atoms with Crippen LogP contribution in [-0.4, -0.2) is 48.8 Å². The third-order valence-electron chi connectivity index (χ3n) is 5.83. The minimum absolute atomic E-state index is 0.110. The van der Waals surface area contributed by atoms with Gasteiger partial charge in [-0.1, -0.05) is 66.2 Å². The van der Waals surface area contributed by atoms with Gasteiger partial charge in [0.25, 0.3) is 0 Å². The fraction of sp³-hybridized carbons (Fsp3) is 0.321. The Morgan fingerprint density at radius 2 is 1.74 bits per heavy atom. The monoisotopic (exact) mass is 481 g/mol. The third kappa shape index (κ3) is 8.17. The molecule has 3 aromatic carbocycles. The first-order valence-electron chi connectivity index (χ1n) is 11.4. The Kier molecular flexibility index (Phi) is 9.95. The number of aliphatic hydroxyl groups is 1. The molecule has 3 aromatic rings. The second-order valence-corrected chi connectivity index (χ2v) is 8.80. The van der Waals surface area contributed by atoms with E-state index in [0.717, 1.165) is 30.5 Å². The SMILES string of the molecule is COC(=O)COc1ccc(CC(C)N(CCc2ccccc2)C[C@@H](O)c2cccc(Cl)c2)cc1. The van der Waals surface area contributed by atoms with Crippen LogP contribution in [-0.2, 0) is 22.4 Å². The van der Waals surface area contributed by atoms with Gasteiger partial charge in [0.1, 0.15) is 5.75 Å². The number of aliphatic hydroxyl groups excluding tert-OH is 1. The predicted molar refractivity (Wildman–Crippen MR) is 135 cm³/mol. The van der Waals surface area contributed by atoms with E-state index in [0.29, 0.717) is 17.3 Å². The highest BCUT2D eigenvalue weighted by Gasteiger charge is 2.19. The zero-order valence-corrected chi connectivity index (χ0v) is 20.4. The lowest BCUT2D eigenvalue weighted by molar-refractivity contribution is -0.142. The van der Waals surface area contributed by atoms with Crippen molar-refractivity contribution in [3.63, 3.8) is 0 Å². The Hall–Kier alpha value is -2.86. The fourth-order valence-corrected chi connectivity index (χ4v) is 4.04. The van der Waals surface area contributed by atoms with Crippen LogP contribution in [0.5, 0.6) is 5.75 Å². The number of methoxy groups -OCH3 is 1. The van der Waals surface area contributed by atoms with Crippen LogP contribution in [0.15, 0.2) is 78.9 Å². The molecule has 0 spiro atoms. The summed E-state index contributed by atoms with van der Waals surface area (Å²) in [5.74, 6) is 0.212. The summed E-state index contributed by atoms with van der Waals surface area (Å²) < 4.78 is 10.0. The number of esters is 1. The van der Waals surface area contributed by atoms with E-state index in [4.69, 9.17) is 16.3 Å². The van der Waals surface area contributed by atoms with Crippen LogP contribution in [0.2, 0.25) is 5.02 Å². The molecule has 2 atom stereocenters. The average Bonchev–Trinajstić information content (AvgIpc) is 2.86. The third-order valence-corrected chi connectivity index (χ3v) is 6.07. The van der Waals surface area contributed by atoms with Crippen LogP contribution in [0.25, 0.3) is 0 Å². The van der Waals surface area contributed by atoms with Gasteiger partial charge in [0.2, 0.25) is 0 Å². The number of rotatable bonds is 12. The van der Waals surface area contributed by atoms with Gasteiger partial charge >= 0.3 is 5.97 Å². The van der Waals surface area contributed by atoms with Gasteiger partial charge in [0.15, 0.2) is 6.61 Å². The summed E-state index contributed by atoms with van der Waals surface area (Å²) >= 11 is 6.14. The summed E-state index contributed by atoms with van der Waals surface area (Å²) in [5.41, 5.74) is 3.24. The van der Waals surface area contributed by atoms with Gasteiger partial charge in [-0.05, 0) is 60.7 Å².